The molecule has 5 nitrogen and oxygen atoms in total. The van der Waals surface area contributed by atoms with Crippen LogP contribution in [0.4, 0.5) is 5.82 Å². The molecule has 0 aromatic carbocycles. The third-order valence-electron chi connectivity index (χ3n) is 2.63. The highest BCUT2D eigenvalue weighted by Crippen LogP contribution is 2.20. The topological polar surface area (TPSA) is 65.4 Å². The van der Waals surface area contributed by atoms with E-state index in [2.05, 4.69) is 23.9 Å². The van der Waals surface area contributed by atoms with Crippen LogP contribution < -0.4 is 10.5 Å². The first-order chi connectivity index (χ1) is 8.26. The Hall–Kier alpha value is -1.78. The average molecular weight is 234 g/mol. The highest BCUT2D eigenvalue weighted by Gasteiger charge is 2.12. The molecule has 2 N–H and O–H groups in total. The van der Waals surface area contributed by atoms with Crippen molar-refractivity contribution in [3.63, 3.8) is 0 Å². The number of rotatable bonds is 5. The van der Waals surface area contributed by atoms with Crippen molar-refractivity contribution in [2.75, 3.05) is 12.3 Å². The number of unbranched alkanes of at least 4 members (excludes halogenated alkanes) is 1. The molecular formula is C12H18N4O. The monoisotopic (exact) mass is 234 g/mol. The van der Waals surface area contributed by atoms with Crippen LogP contribution in [0.5, 0.6) is 5.88 Å². The largest absolute Gasteiger partial charge is 0.476 e. The summed E-state index contributed by atoms with van der Waals surface area (Å²) in [6.45, 7) is 4.89. The first-order valence-corrected chi connectivity index (χ1v) is 6.03. The fourth-order valence-corrected chi connectivity index (χ4v) is 1.70. The van der Waals surface area contributed by atoms with E-state index in [1.807, 2.05) is 6.07 Å². The number of aryl methyl sites for hydroxylation is 1. The standard InChI is InChI=1S/C12H18N4O/c1-3-5-8-17-12-9(4-2)16-11(14-12)7-6-10(13)15-16/h6-7H,3-5,8H2,1-2H3,(H2,13,15). The van der Waals surface area contributed by atoms with Gasteiger partial charge in [0, 0.05) is 0 Å². The third-order valence-corrected chi connectivity index (χ3v) is 2.63. The molecule has 2 heterocycles. The predicted octanol–water partition coefficient (Wildman–Crippen LogP) is 2.05. The Labute approximate surface area is 101 Å². The van der Waals surface area contributed by atoms with Gasteiger partial charge in [-0.2, -0.15) is 4.98 Å². The number of hydrogen-bond acceptors (Lipinski definition) is 4. The Balaban J connectivity index is 2.35. The van der Waals surface area contributed by atoms with Gasteiger partial charge >= 0.3 is 0 Å². The van der Waals surface area contributed by atoms with E-state index in [9.17, 15) is 0 Å². The van der Waals surface area contributed by atoms with E-state index in [0.29, 0.717) is 18.3 Å². The number of nitrogens with two attached hydrogens (primary N) is 1. The van der Waals surface area contributed by atoms with Gasteiger partial charge in [-0.05, 0) is 25.0 Å². The van der Waals surface area contributed by atoms with E-state index in [-0.39, 0.29) is 0 Å². The molecule has 0 aliphatic carbocycles. The molecule has 92 valence electrons. The van der Waals surface area contributed by atoms with Crippen LogP contribution in [0.25, 0.3) is 5.65 Å². The van der Waals surface area contributed by atoms with Crippen LogP contribution >= 0.6 is 0 Å². The second kappa shape index (κ2) is 5.03. The Kier molecular flexibility index (Phi) is 3.46. The van der Waals surface area contributed by atoms with Crippen molar-refractivity contribution >= 4 is 11.5 Å². The molecule has 5 heteroatoms. The minimum absolute atomic E-state index is 0.490. The summed E-state index contributed by atoms with van der Waals surface area (Å²) in [6.07, 6.45) is 2.96. The fraction of sp³-hybridized carbons (Fsp3) is 0.500. The van der Waals surface area contributed by atoms with Crippen LogP contribution in [0.15, 0.2) is 12.1 Å². The highest BCUT2D eigenvalue weighted by molar-refractivity contribution is 5.47. The number of anilines is 1. The maximum atomic E-state index is 5.68. The van der Waals surface area contributed by atoms with Crippen molar-refractivity contribution < 1.29 is 4.74 Å². The van der Waals surface area contributed by atoms with Gasteiger partial charge in [-0.25, -0.2) is 4.52 Å². The summed E-state index contributed by atoms with van der Waals surface area (Å²) in [5.41, 5.74) is 7.43. The summed E-state index contributed by atoms with van der Waals surface area (Å²) in [4.78, 5) is 4.42. The molecule has 0 radical (unpaired) electrons. The molecule has 0 spiro atoms. The lowest BCUT2D eigenvalue weighted by atomic mass is 10.3. The van der Waals surface area contributed by atoms with Crippen molar-refractivity contribution in [2.45, 2.75) is 33.1 Å². The van der Waals surface area contributed by atoms with Crippen LogP contribution in [-0.2, 0) is 6.42 Å². The van der Waals surface area contributed by atoms with Gasteiger partial charge in [0.25, 0.3) is 0 Å². The van der Waals surface area contributed by atoms with Crippen LogP contribution in [0.1, 0.15) is 32.4 Å². The lowest BCUT2D eigenvalue weighted by Crippen LogP contribution is -2.02. The number of imidazole rings is 1. The van der Waals surface area contributed by atoms with Gasteiger partial charge in [0.15, 0.2) is 5.65 Å². The van der Waals surface area contributed by atoms with Gasteiger partial charge < -0.3 is 10.5 Å². The van der Waals surface area contributed by atoms with Gasteiger partial charge in [0.1, 0.15) is 11.5 Å². The van der Waals surface area contributed by atoms with Crippen LogP contribution in [0, 0.1) is 0 Å². The van der Waals surface area contributed by atoms with E-state index in [1.165, 1.54) is 0 Å². The van der Waals surface area contributed by atoms with Gasteiger partial charge in [-0.3, -0.25) is 0 Å². The molecule has 2 aromatic heterocycles. The number of fused-ring (bicyclic) bond motifs is 1. The van der Waals surface area contributed by atoms with Crippen LogP contribution in [0.2, 0.25) is 0 Å². The van der Waals surface area contributed by atoms with Gasteiger partial charge in [-0.15, -0.1) is 5.10 Å². The Bertz CT molecular complexity index is 506. The molecule has 0 unspecified atom stereocenters. The van der Waals surface area contributed by atoms with Crippen molar-refractivity contribution in [1.29, 1.82) is 0 Å². The fourth-order valence-electron chi connectivity index (χ4n) is 1.70. The number of nitrogen functional groups attached to an aromatic ring is 1. The predicted molar refractivity (Wildman–Crippen MR) is 67.2 cm³/mol. The van der Waals surface area contributed by atoms with Gasteiger partial charge in [-0.1, -0.05) is 20.3 Å². The zero-order valence-corrected chi connectivity index (χ0v) is 10.3. The summed E-state index contributed by atoms with van der Waals surface area (Å²) in [5, 5.41) is 4.25. The third kappa shape index (κ3) is 2.33. The van der Waals surface area contributed by atoms with Crippen molar-refractivity contribution in [3.8, 4) is 5.88 Å². The van der Waals surface area contributed by atoms with E-state index in [0.717, 1.165) is 30.6 Å². The maximum Gasteiger partial charge on any atom is 0.237 e. The van der Waals surface area contributed by atoms with Crippen molar-refractivity contribution in [2.24, 2.45) is 0 Å². The minimum Gasteiger partial charge on any atom is -0.476 e. The first-order valence-electron chi connectivity index (χ1n) is 6.03. The van der Waals surface area contributed by atoms with Crippen LogP contribution in [0.3, 0.4) is 0 Å². The summed E-state index contributed by atoms with van der Waals surface area (Å²) in [7, 11) is 0. The second-order valence-corrected chi connectivity index (χ2v) is 3.95. The molecule has 17 heavy (non-hydrogen) atoms. The molecule has 0 saturated carbocycles. The molecule has 0 aliphatic heterocycles. The van der Waals surface area contributed by atoms with E-state index >= 15 is 0 Å². The van der Waals surface area contributed by atoms with Crippen molar-refractivity contribution in [1.82, 2.24) is 14.6 Å². The first kappa shape index (κ1) is 11.7. The molecular weight excluding hydrogens is 216 g/mol. The number of hydrogen-bond donors (Lipinski definition) is 1. The molecule has 0 aliphatic rings. The molecule has 0 atom stereocenters. The second-order valence-electron chi connectivity index (χ2n) is 3.95. The van der Waals surface area contributed by atoms with Gasteiger partial charge in [0.2, 0.25) is 5.88 Å². The molecule has 0 fully saturated rings. The quantitative estimate of drug-likeness (QED) is 0.804. The zero-order valence-electron chi connectivity index (χ0n) is 10.3. The summed E-state index contributed by atoms with van der Waals surface area (Å²) >= 11 is 0. The Morgan fingerprint density at radius 3 is 2.88 bits per heavy atom. The normalized spacial score (nSPS) is 10.9. The number of nitrogens with zero attached hydrogens (tertiary/aromatic N) is 3. The Morgan fingerprint density at radius 1 is 1.35 bits per heavy atom. The number of ether oxygens (including phenoxy) is 1. The van der Waals surface area contributed by atoms with Crippen molar-refractivity contribution in [3.05, 3.63) is 17.8 Å². The summed E-state index contributed by atoms with van der Waals surface area (Å²) < 4.78 is 7.44. The highest BCUT2D eigenvalue weighted by atomic mass is 16.5. The van der Waals surface area contributed by atoms with E-state index < -0.39 is 0 Å². The number of aromatic nitrogens is 3. The zero-order chi connectivity index (χ0) is 12.3. The smallest absolute Gasteiger partial charge is 0.237 e. The molecule has 0 amide bonds. The van der Waals surface area contributed by atoms with Crippen LogP contribution in [-0.4, -0.2) is 21.2 Å². The molecule has 2 rings (SSSR count). The van der Waals surface area contributed by atoms with E-state index in [4.69, 9.17) is 10.5 Å². The Morgan fingerprint density at radius 2 is 2.18 bits per heavy atom. The SMILES string of the molecule is CCCCOc1nc2ccc(N)nn2c1CC. The minimum atomic E-state index is 0.490. The summed E-state index contributed by atoms with van der Waals surface area (Å²) in [5.74, 6) is 1.17. The molecule has 0 saturated heterocycles. The molecule has 2 aromatic rings. The maximum absolute atomic E-state index is 5.68. The van der Waals surface area contributed by atoms with Gasteiger partial charge in [0.05, 0.1) is 6.61 Å². The lowest BCUT2D eigenvalue weighted by molar-refractivity contribution is 0.296. The van der Waals surface area contributed by atoms with E-state index in [1.54, 1.807) is 10.6 Å². The summed E-state index contributed by atoms with van der Waals surface area (Å²) in [6, 6.07) is 3.60. The lowest BCUT2D eigenvalue weighted by Gasteiger charge is -2.03. The average Bonchev–Trinajstić information content (AvgIpc) is 2.66. The molecule has 0 bridgehead atoms.